The Morgan fingerprint density at radius 3 is 3.08 bits per heavy atom. The van der Waals surface area contributed by atoms with Crippen molar-refractivity contribution in [3.8, 4) is 6.07 Å². The van der Waals surface area contributed by atoms with Crippen LogP contribution in [0.5, 0.6) is 0 Å². The van der Waals surface area contributed by atoms with Crippen molar-refractivity contribution in [2.75, 3.05) is 0 Å². The number of aromatic nitrogens is 2. The third kappa shape index (κ3) is 2.59. The van der Waals surface area contributed by atoms with Gasteiger partial charge in [-0.1, -0.05) is 13.3 Å². The highest BCUT2D eigenvalue weighted by molar-refractivity contribution is 5.01. The first-order valence-electron chi connectivity index (χ1n) is 4.70. The average Bonchev–Trinajstić information content (AvgIpc) is 2.62. The molecule has 1 aromatic rings. The van der Waals surface area contributed by atoms with E-state index in [9.17, 15) is 0 Å². The standard InChI is InChI=1S/C10H15N3/c1-3-4-5-10-7-13(8-12-10)9(2)6-11/h7-9H,3-5H2,1-2H3. The lowest BCUT2D eigenvalue weighted by molar-refractivity contribution is 0.671. The fourth-order valence-electron chi connectivity index (χ4n) is 1.15. The smallest absolute Gasteiger partial charge is 0.119 e. The molecule has 0 saturated heterocycles. The van der Waals surface area contributed by atoms with E-state index in [0.29, 0.717) is 0 Å². The quantitative estimate of drug-likeness (QED) is 0.708. The lowest BCUT2D eigenvalue weighted by Gasteiger charge is -2.00. The molecule has 1 rings (SSSR count). The Hall–Kier alpha value is -1.30. The predicted octanol–water partition coefficient (Wildman–Crippen LogP) is 2.31. The summed E-state index contributed by atoms with van der Waals surface area (Å²) in [6.07, 6.45) is 7.06. The summed E-state index contributed by atoms with van der Waals surface area (Å²) in [5.41, 5.74) is 1.09. The molecule has 0 aliphatic carbocycles. The van der Waals surface area contributed by atoms with E-state index >= 15 is 0 Å². The number of hydrogen-bond donors (Lipinski definition) is 0. The maximum absolute atomic E-state index is 8.67. The van der Waals surface area contributed by atoms with Crippen molar-refractivity contribution in [2.45, 2.75) is 39.2 Å². The third-order valence-corrected chi connectivity index (χ3v) is 2.08. The number of nitriles is 1. The van der Waals surface area contributed by atoms with Gasteiger partial charge in [0.1, 0.15) is 6.04 Å². The van der Waals surface area contributed by atoms with Gasteiger partial charge >= 0.3 is 0 Å². The van der Waals surface area contributed by atoms with E-state index in [-0.39, 0.29) is 6.04 Å². The second kappa shape index (κ2) is 4.66. The molecule has 0 spiro atoms. The molecule has 70 valence electrons. The van der Waals surface area contributed by atoms with E-state index in [1.54, 1.807) is 6.33 Å². The van der Waals surface area contributed by atoms with Gasteiger partial charge in [-0.3, -0.25) is 0 Å². The van der Waals surface area contributed by atoms with Crippen LogP contribution in [-0.2, 0) is 6.42 Å². The van der Waals surface area contributed by atoms with Crippen molar-refractivity contribution in [1.29, 1.82) is 5.26 Å². The van der Waals surface area contributed by atoms with Crippen LogP contribution in [0.3, 0.4) is 0 Å². The summed E-state index contributed by atoms with van der Waals surface area (Å²) in [5.74, 6) is 0. The van der Waals surface area contributed by atoms with Crippen molar-refractivity contribution in [2.24, 2.45) is 0 Å². The molecule has 1 atom stereocenters. The zero-order valence-electron chi connectivity index (χ0n) is 8.20. The molecule has 1 heterocycles. The summed E-state index contributed by atoms with van der Waals surface area (Å²) in [6, 6.07) is 2.07. The maximum atomic E-state index is 8.67. The molecule has 0 saturated carbocycles. The van der Waals surface area contributed by atoms with Gasteiger partial charge in [0.05, 0.1) is 18.1 Å². The van der Waals surface area contributed by atoms with Crippen LogP contribution in [0.1, 0.15) is 38.4 Å². The van der Waals surface area contributed by atoms with Crippen LogP contribution in [-0.4, -0.2) is 9.55 Å². The molecule has 3 heteroatoms. The first-order valence-corrected chi connectivity index (χ1v) is 4.70. The lowest BCUT2D eigenvalue weighted by Crippen LogP contribution is -1.98. The van der Waals surface area contributed by atoms with E-state index < -0.39 is 0 Å². The summed E-state index contributed by atoms with van der Waals surface area (Å²) >= 11 is 0. The van der Waals surface area contributed by atoms with Crippen LogP contribution in [0.25, 0.3) is 0 Å². The largest absolute Gasteiger partial charge is 0.321 e. The number of imidazole rings is 1. The van der Waals surface area contributed by atoms with E-state index in [0.717, 1.165) is 18.5 Å². The molecule has 13 heavy (non-hydrogen) atoms. The molecule has 1 aromatic heterocycles. The molecule has 0 amide bonds. The maximum Gasteiger partial charge on any atom is 0.119 e. The van der Waals surface area contributed by atoms with Crippen molar-refractivity contribution in [1.82, 2.24) is 9.55 Å². The Morgan fingerprint density at radius 2 is 2.46 bits per heavy atom. The van der Waals surface area contributed by atoms with Crippen molar-refractivity contribution < 1.29 is 0 Å². The summed E-state index contributed by atoms with van der Waals surface area (Å²) in [6.45, 7) is 4.03. The minimum Gasteiger partial charge on any atom is -0.321 e. The van der Waals surface area contributed by atoms with Gasteiger partial charge in [0.2, 0.25) is 0 Å². The van der Waals surface area contributed by atoms with Crippen molar-refractivity contribution in [3.63, 3.8) is 0 Å². The number of hydrogen-bond acceptors (Lipinski definition) is 2. The molecule has 0 N–H and O–H groups in total. The van der Waals surface area contributed by atoms with Crippen molar-refractivity contribution >= 4 is 0 Å². The summed E-state index contributed by atoms with van der Waals surface area (Å²) < 4.78 is 1.85. The number of unbranched alkanes of at least 4 members (excludes halogenated alkanes) is 1. The minimum atomic E-state index is -0.108. The average molecular weight is 177 g/mol. The second-order valence-corrected chi connectivity index (χ2v) is 3.22. The van der Waals surface area contributed by atoms with E-state index in [1.807, 2.05) is 17.7 Å². The van der Waals surface area contributed by atoms with Gasteiger partial charge in [-0.05, 0) is 19.8 Å². The van der Waals surface area contributed by atoms with Gasteiger partial charge in [-0.2, -0.15) is 5.26 Å². The Balaban J connectivity index is 2.59. The molecule has 0 aliphatic rings. The monoisotopic (exact) mass is 177 g/mol. The Kier molecular flexibility index (Phi) is 3.51. The van der Waals surface area contributed by atoms with Crippen LogP contribution in [0.4, 0.5) is 0 Å². The minimum absolute atomic E-state index is 0.108. The highest BCUT2D eigenvalue weighted by atomic mass is 15.1. The molecule has 0 radical (unpaired) electrons. The second-order valence-electron chi connectivity index (χ2n) is 3.22. The van der Waals surface area contributed by atoms with Crippen LogP contribution in [0.2, 0.25) is 0 Å². The highest BCUT2D eigenvalue weighted by Gasteiger charge is 2.03. The SMILES string of the molecule is CCCCc1cn(C(C)C#N)cn1. The predicted molar refractivity (Wildman–Crippen MR) is 51.2 cm³/mol. The third-order valence-electron chi connectivity index (χ3n) is 2.08. The topological polar surface area (TPSA) is 41.6 Å². The zero-order valence-corrected chi connectivity index (χ0v) is 8.20. The van der Waals surface area contributed by atoms with Crippen LogP contribution in [0, 0.1) is 11.3 Å². The number of aryl methyl sites for hydroxylation is 1. The molecule has 0 aliphatic heterocycles. The molecule has 1 unspecified atom stereocenters. The van der Waals surface area contributed by atoms with Gasteiger partial charge in [0.15, 0.2) is 0 Å². The Morgan fingerprint density at radius 1 is 1.69 bits per heavy atom. The molecular weight excluding hydrogens is 162 g/mol. The highest BCUT2D eigenvalue weighted by Crippen LogP contribution is 2.07. The number of nitrogens with zero attached hydrogens (tertiary/aromatic N) is 3. The summed E-state index contributed by atoms with van der Waals surface area (Å²) in [5, 5.41) is 8.67. The van der Waals surface area contributed by atoms with Gasteiger partial charge < -0.3 is 4.57 Å². The van der Waals surface area contributed by atoms with Gasteiger partial charge in [-0.25, -0.2) is 4.98 Å². The molecule has 0 aromatic carbocycles. The molecular formula is C10H15N3. The van der Waals surface area contributed by atoms with Crippen molar-refractivity contribution in [3.05, 3.63) is 18.2 Å². The first-order chi connectivity index (χ1) is 6.27. The van der Waals surface area contributed by atoms with E-state index in [4.69, 9.17) is 5.26 Å². The summed E-state index contributed by atoms with van der Waals surface area (Å²) in [7, 11) is 0. The molecule has 3 nitrogen and oxygen atoms in total. The number of rotatable bonds is 4. The summed E-state index contributed by atoms with van der Waals surface area (Å²) in [4.78, 5) is 4.23. The van der Waals surface area contributed by atoms with Crippen LogP contribution < -0.4 is 0 Å². The lowest BCUT2D eigenvalue weighted by atomic mass is 10.2. The zero-order chi connectivity index (χ0) is 9.68. The Labute approximate surface area is 79.0 Å². The fourth-order valence-corrected chi connectivity index (χ4v) is 1.15. The van der Waals surface area contributed by atoms with Gasteiger partial charge in [0.25, 0.3) is 0 Å². The van der Waals surface area contributed by atoms with Crippen LogP contribution in [0.15, 0.2) is 12.5 Å². The fraction of sp³-hybridized carbons (Fsp3) is 0.600. The molecule has 0 bridgehead atoms. The Bertz CT molecular complexity index is 295. The van der Waals surface area contributed by atoms with E-state index in [2.05, 4.69) is 18.0 Å². The van der Waals surface area contributed by atoms with Crippen LogP contribution >= 0.6 is 0 Å². The van der Waals surface area contributed by atoms with E-state index in [1.165, 1.54) is 6.42 Å². The van der Waals surface area contributed by atoms with Gasteiger partial charge in [0, 0.05) is 6.20 Å². The normalized spacial score (nSPS) is 12.4. The van der Waals surface area contributed by atoms with Gasteiger partial charge in [-0.15, -0.1) is 0 Å². The molecule has 0 fully saturated rings. The first kappa shape index (κ1) is 9.79.